The van der Waals surface area contributed by atoms with Gasteiger partial charge < -0.3 is 5.32 Å². The maximum absolute atomic E-state index is 11.1. The summed E-state index contributed by atoms with van der Waals surface area (Å²) in [6.07, 6.45) is 4.18. The van der Waals surface area contributed by atoms with Crippen molar-refractivity contribution in [2.45, 2.75) is 19.4 Å². The summed E-state index contributed by atoms with van der Waals surface area (Å²) in [4.78, 5) is 15.1. The minimum absolute atomic E-state index is 0.140. The largest absolute Gasteiger partial charge is 0.349 e. The van der Waals surface area contributed by atoms with Crippen LogP contribution in [-0.4, -0.2) is 10.9 Å². The van der Waals surface area contributed by atoms with E-state index in [1.54, 1.807) is 6.20 Å². The number of carbonyl (C=O) groups is 1. The van der Waals surface area contributed by atoms with Gasteiger partial charge in [-0.05, 0) is 17.5 Å². The Balaban J connectivity index is 2.23. The topological polar surface area (TPSA) is 42.0 Å². The third-order valence-electron chi connectivity index (χ3n) is 2.44. The van der Waals surface area contributed by atoms with Gasteiger partial charge in [0.1, 0.15) is 0 Å². The number of rotatable bonds is 1. The highest BCUT2D eigenvalue weighted by Gasteiger charge is 2.29. The Labute approximate surface area is 77.2 Å². The summed E-state index contributed by atoms with van der Waals surface area (Å²) in [7, 11) is 0. The monoisotopic (exact) mass is 176 g/mol. The van der Waals surface area contributed by atoms with Gasteiger partial charge in [0.2, 0.25) is 5.91 Å². The molecule has 1 aliphatic heterocycles. The van der Waals surface area contributed by atoms with Gasteiger partial charge in [-0.25, -0.2) is 0 Å². The SMILES string of the molecule is C[C@H]1CC(=O)N[C@@H]1c1cccnc1. The summed E-state index contributed by atoms with van der Waals surface area (Å²) in [5.41, 5.74) is 1.10. The van der Waals surface area contributed by atoms with E-state index in [0.717, 1.165) is 5.56 Å². The molecule has 0 aliphatic carbocycles. The van der Waals surface area contributed by atoms with E-state index in [1.807, 2.05) is 18.3 Å². The Kier molecular flexibility index (Phi) is 2.00. The molecular weight excluding hydrogens is 164 g/mol. The van der Waals surface area contributed by atoms with Gasteiger partial charge in [0.25, 0.3) is 0 Å². The van der Waals surface area contributed by atoms with E-state index in [2.05, 4.69) is 17.2 Å². The molecule has 2 rings (SSSR count). The third kappa shape index (κ3) is 1.54. The molecule has 1 aromatic heterocycles. The van der Waals surface area contributed by atoms with Crippen LogP contribution in [0, 0.1) is 5.92 Å². The Hall–Kier alpha value is -1.38. The number of aromatic nitrogens is 1. The van der Waals surface area contributed by atoms with E-state index >= 15 is 0 Å². The van der Waals surface area contributed by atoms with Crippen LogP contribution < -0.4 is 5.32 Å². The standard InChI is InChI=1S/C10H12N2O/c1-7-5-9(13)12-10(7)8-3-2-4-11-6-8/h2-4,6-7,10H,5H2,1H3,(H,12,13)/t7-,10-/m0/s1. The van der Waals surface area contributed by atoms with E-state index in [4.69, 9.17) is 0 Å². The third-order valence-corrected chi connectivity index (χ3v) is 2.44. The summed E-state index contributed by atoms with van der Waals surface area (Å²) < 4.78 is 0. The molecule has 68 valence electrons. The summed E-state index contributed by atoms with van der Waals surface area (Å²) in [5.74, 6) is 0.512. The number of amides is 1. The first-order chi connectivity index (χ1) is 6.27. The molecular formula is C10H12N2O. The molecule has 0 saturated carbocycles. The van der Waals surface area contributed by atoms with Crippen LogP contribution in [0.25, 0.3) is 0 Å². The Bertz CT molecular complexity index is 310. The van der Waals surface area contributed by atoms with Crippen LogP contribution in [0.1, 0.15) is 24.9 Å². The fourth-order valence-electron chi connectivity index (χ4n) is 1.76. The molecule has 1 aromatic rings. The summed E-state index contributed by atoms with van der Waals surface area (Å²) >= 11 is 0. The lowest BCUT2D eigenvalue weighted by atomic mass is 9.97. The van der Waals surface area contributed by atoms with Crippen LogP contribution >= 0.6 is 0 Å². The van der Waals surface area contributed by atoms with Gasteiger partial charge in [0, 0.05) is 18.8 Å². The van der Waals surface area contributed by atoms with Gasteiger partial charge >= 0.3 is 0 Å². The number of hydrogen-bond acceptors (Lipinski definition) is 2. The van der Waals surface area contributed by atoms with E-state index in [9.17, 15) is 4.79 Å². The molecule has 0 aromatic carbocycles. The Morgan fingerprint density at radius 3 is 3.00 bits per heavy atom. The van der Waals surface area contributed by atoms with Crippen LogP contribution in [0.5, 0.6) is 0 Å². The van der Waals surface area contributed by atoms with Crippen molar-refractivity contribution in [3.8, 4) is 0 Å². The van der Waals surface area contributed by atoms with Crippen LogP contribution in [0.4, 0.5) is 0 Å². The van der Waals surface area contributed by atoms with Crippen LogP contribution in [0.3, 0.4) is 0 Å². The molecule has 3 nitrogen and oxygen atoms in total. The van der Waals surface area contributed by atoms with E-state index < -0.39 is 0 Å². The van der Waals surface area contributed by atoms with Crippen molar-refractivity contribution in [1.82, 2.24) is 10.3 Å². The summed E-state index contributed by atoms with van der Waals surface area (Å²) in [5, 5.41) is 2.94. The molecule has 2 atom stereocenters. The Morgan fingerprint density at radius 2 is 2.46 bits per heavy atom. The van der Waals surface area contributed by atoms with Gasteiger partial charge in [-0.15, -0.1) is 0 Å². The van der Waals surface area contributed by atoms with Crippen molar-refractivity contribution in [3.05, 3.63) is 30.1 Å². The molecule has 0 radical (unpaired) electrons. The maximum atomic E-state index is 11.1. The molecule has 2 heterocycles. The number of pyridine rings is 1. The zero-order valence-corrected chi connectivity index (χ0v) is 7.53. The smallest absolute Gasteiger partial charge is 0.220 e. The zero-order valence-electron chi connectivity index (χ0n) is 7.53. The highest BCUT2D eigenvalue weighted by Crippen LogP contribution is 2.28. The van der Waals surface area contributed by atoms with Gasteiger partial charge in [0.15, 0.2) is 0 Å². The number of nitrogens with one attached hydrogen (secondary N) is 1. The van der Waals surface area contributed by atoms with E-state index in [0.29, 0.717) is 12.3 Å². The lowest BCUT2D eigenvalue weighted by Gasteiger charge is -2.14. The first-order valence-corrected chi connectivity index (χ1v) is 4.46. The summed E-state index contributed by atoms with van der Waals surface area (Å²) in [6.45, 7) is 2.08. The van der Waals surface area contributed by atoms with Gasteiger partial charge in [-0.2, -0.15) is 0 Å². The minimum atomic E-state index is 0.140. The lowest BCUT2D eigenvalue weighted by molar-refractivity contribution is -0.119. The van der Waals surface area contributed by atoms with Crippen LogP contribution in [0.2, 0.25) is 0 Å². The van der Waals surface area contributed by atoms with Gasteiger partial charge in [0.05, 0.1) is 6.04 Å². The molecule has 1 saturated heterocycles. The molecule has 0 unspecified atom stereocenters. The normalized spacial score (nSPS) is 27.3. The highest BCUT2D eigenvalue weighted by atomic mass is 16.1. The number of nitrogens with zero attached hydrogens (tertiary/aromatic N) is 1. The van der Waals surface area contributed by atoms with Crippen molar-refractivity contribution in [3.63, 3.8) is 0 Å². The summed E-state index contributed by atoms with van der Waals surface area (Å²) in [6, 6.07) is 4.05. The van der Waals surface area contributed by atoms with Crippen molar-refractivity contribution in [1.29, 1.82) is 0 Å². The fraction of sp³-hybridized carbons (Fsp3) is 0.400. The number of hydrogen-bond donors (Lipinski definition) is 1. The molecule has 0 spiro atoms. The second kappa shape index (κ2) is 3.17. The average Bonchev–Trinajstić information content (AvgIpc) is 2.47. The first kappa shape index (κ1) is 8.23. The lowest BCUT2D eigenvalue weighted by Crippen LogP contribution is -2.20. The molecule has 1 amide bonds. The number of carbonyl (C=O) groups excluding carboxylic acids is 1. The van der Waals surface area contributed by atoms with Crippen molar-refractivity contribution < 1.29 is 4.79 Å². The average molecular weight is 176 g/mol. The second-order valence-electron chi connectivity index (χ2n) is 3.51. The maximum Gasteiger partial charge on any atom is 0.220 e. The molecule has 1 N–H and O–H groups in total. The molecule has 0 bridgehead atoms. The van der Waals surface area contributed by atoms with Crippen molar-refractivity contribution >= 4 is 5.91 Å². The van der Waals surface area contributed by atoms with E-state index in [-0.39, 0.29) is 11.9 Å². The highest BCUT2D eigenvalue weighted by molar-refractivity contribution is 5.79. The molecule has 1 aliphatic rings. The van der Waals surface area contributed by atoms with Crippen LogP contribution in [0.15, 0.2) is 24.5 Å². The molecule has 3 heteroatoms. The minimum Gasteiger partial charge on any atom is -0.349 e. The zero-order chi connectivity index (χ0) is 9.26. The van der Waals surface area contributed by atoms with Crippen molar-refractivity contribution in [2.75, 3.05) is 0 Å². The van der Waals surface area contributed by atoms with Crippen molar-refractivity contribution in [2.24, 2.45) is 5.92 Å². The molecule has 1 fully saturated rings. The predicted octanol–water partition coefficient (Wildman–Crippen LogP) is 1.28. The first-order valence-electron chi connectivity index (χ1n) is 4.46. The predicted molar refractivity (Wildman–Crippen MR) is 48.9 cm³/mol. The van der Waals surface area contributed by atoms with Gasteiger partial charge in [-0.1, -0.05) is 13.0 Å². The van der Waals surface area contributed by atoms with E-state index in [1.165, 1.54) is 0 Å². The fourth-order valence-corrected chi connectivity index (χ4v) is 1.76. The van der Waals surface area contributed by atoms with Gasteiger partial charge in [-0.3, -0.25) is 9.78 Å². The molecule has 13 heavy (non-hydrogen) atoms. The quantitative estimate of drug-likeness (QED) is 0.700. The Morgan fingerprint density at radius 1 is 1.62 bits per heavy atom. The van der Waals surface area contributed by atoms with Crippen LogP contribution in [-0.2, 0) is 4.79 Å². The second-order valence-corrected chi connectivity index (χ2v) is 3.51.